The molecule has 1 aromatic carbocycles. The summed E-state index contributed by atoms with van der Waals surface area (Å²) in [7, 11) is 0. The number of nitrogens with one attached hydrogen (secondary N) is 1. The Balaban J connectivity index is 1.74. The third-order valence-corrected chi connectivity index (χ3v) is 2.76. The van der Waals surface area contributed by atoms with Gasteiger partial charge in [0, 0.05) is 12.1 Å². The number of halogens is 3. The molecule has 0 unspecified atom stereocenters. The molecule has 1 aromatic heterocycles. The van der Waals surface area contributed by atoms with E-state index >= 15 is 0 Å². The van der Waals surface area contributed by atoms with E-state index in [1.165, 1.54) is 12.1 Å². The highest BCUT2D eigenvalue weighted by Gasteiger charge is 2.05. The van der Waals surface area contributed by atoms with E-state index < -0.39 is 13.0 Å². The van der Waals surface area contributed by atoms with Crippen LogP contribution in [0.1, 0.15) is 5.76 Å². The van der Waals surface area contributed by atoms with E-state index in [1.807, 2.05) is 6.07 Å². The molecule has 21 heavy (non-hydrogen) atoms. The summed E-state index contributed by atoms with van der Waals surface area (Å²) in [5, 5.41) is 3.03. The molecule has 3 nitrogen and oxygen atoms in total. The average Bonchev–Trinajstić information content (AvgIpc) is 2.92. The van der Waals surface area contributed by atoms with Gasteiger partial charge in [-0.1, -0.05) is 0 Å². The molecular weight excluding hydrogens is 283 g/mol. The first kappa shape index (κ1) is 15.6. The fraction of sp³-hybridized carbons (Fsp3) is 0.333. The van der Waals surface area contributed by atoms with Crippen LogP contribution in [0.4, 0.5) is 13.2 Å². The van der Waals surface area contributed by atoms with E-state index in [0.29, 0.717) is 24.6 Å². The molecule has 1 heterocycles. The Labute approximate surface area is 120 Å². The quantitative estimate of drug-likeness (QED) is 0.758. The molecule has 0 saturated carbocycles. The second kappa shape index (κ2) is 7.85. The lowest BCUT2D eigenvalue weighted by atomic mass is 10.2. The van der Waals surface area contributed by atoms with Crippen molar-refractivity contribution in [3.05, 3.63) is 48.0 Å². The van der Waals surface area contributed by atoms with E-state index in [4.69, 9.17) is 9.15 Å². The third kappa shape index (κ3) is 5.24. The minimum absolute atomic E-state index is 0.218. The predicted octanol–water partition coefficient (Wildman–Crippen LogP) is 3.46. The summed E-state index contributed by atoms with van der Waals surface area (Å²) in [5.74, 6) is 1.07. The highest BCUT2D eigenvalue weighted by Crippen LogP contribution is 2.22. The molecule has 0 aliphatic heterocycles. The smallest absolute Gasteiger partial charge is 0.261 e. The van der Waals surface area contributed by atoms with Gasteiger partial charge in [0.25, 0.3) is 6.43 Å². The topological polar surface area (TPSA) is 34.4 Å². The number of ether oxygens (including phenoxy) is 1. The Morgan fingerprint density at radius 2 is 1.86 bits per heavy atom. The molecule has 114 valence electrons. The fourth-order valence-corrected chi connectivity index (χ4v) is 1.77. The standard InChI is InChI=1S/C15H16F3NO2/c16-12-3-1-11(2-4-12)14-6-5-13(21-14)9-19-7-8-20-10-15(17)18/h1-6,15,19H,7-10H2. The lowest BCUT2D eigenvalue weighted by Gasteiger charge is -2.04. The summed E-state index contributed by atoms with van der Waals surface area (Å²) in [5.41, 5.74) is 0.794. The maximum Gasteiger partial charge on any atom is 0.261 e. The molecule has 1 N–H and O–H groups in total. The van der Waals surface area contributed by atoms with Gasteiger partial charge in [0.15, 0.2) is 0 Å². The second-order valence-electron chi connectivity index (χ2n) is 4.42. The Kier molecular flexibility index (Phi) is 5.83. The Bertz CT molecular complexity index is 540. The zero-order valence-corrected chi connectivity index (χ0v) is 11.3. The van der Waals surface area contributed by atoms with E-state index in [9.17, 15) is 13.2 Å². The normalized spacial score (nSPS) is 11.2. The van der Waals surface area contributed by atoms with Crippen LogP contribution in [0, 0.1) is 5.82 Å². The molecule has 2 rings (SSSR count). The lowest BCUT2D eigenvalue weighted by Crippen LogP contribution is -2.20. The minimum atomic E-state index is -2.44. The van der Waals surface area contributed by atoms with Crippen LogP contribution < -0.4 is 5.32 Å². The van der Waals surface area contributed by atoms with Crippen molar-refractivity contribution in [2.24, 2.45) is 0 Å². The van der Waals surface area contributed by atoms with Gasteiger partial charge >= 0.3 is 0 Å². The molecular formula is C15H16F3NO2. The van der Waals surface area contributed by atoms with Crippen molar-refractivity contribution < 1.29 is 22.3 Å². The van der Waals surface area contributed by atoms with Gasteiger partial charge in [0.1, 0.15) is 23.9 Å². The Morgan fingerprint density at radius 1 is 1.10 bits per heavy atom. The van der Waals surface area contributed by atoms with E-state index in [-0.39, 0.29) is 12.4 Å². The maximum atomic E-state index is 12.8. The molecule has 0 radical (unpaired) electrons. The summed E-state index contributed by atoms with van der Waals surface area (Å²) < 4.78 is 46.8. The summed E-state index contributed by atoms with van der Waals surface area (Å²) in [6, 6.07) is 9.64. The predicted molar refractivity (Wildman–Crippen MR) is 72.6 cm³/mol. The molecule has 0 saturated heterocycles. The molecule has 0 fully saturated rings. The lowest BCUT2D eigenvalue weighted by molar-refractivity contribution is 0.0186. The molecule has 0 aliphatic rings. The van der Waals surface area contributed by atoms with Crippen molar-refractivity contribution in [2.75, 3.05) is 19.8 Å². The third-order valence-electron chi connectivity index (χ3n) is 2.76. The van der Waals surface area contributed by atoms with Crippen LogP contribution in [0.15, 0.2) is 40.8 Å². The van der Waals surface area contributed by atoms with Gasteiger partial charge in [-0.15, -0.1) is 0 Å². The van der Waals surface area contributed by atoms with E-state index in [2.05, 4.69) is 5.32 Å². The summed E-state index contributed by atoms with van der Waals surface area (Å²) in [6.45, 7) is 0.603. The van der Waals surface area contributed by atoms with Crippen molar-refractivity contribution in [1.29, 1.82) is 0 Å². The zero-order valence-electron chi connectivity index (χ0n) is 11.3. The van der Waals surface area contributed by atoms with E-state index in [1.54, 1.807) is 18.2 Å². The molecule has 2 aromatic rings. The number of hydrogen-bond donors (Lipinski definition) is 1. The van der Waals surface area contributed by atoms with E-state index in [0.717, 1.165) is 5.56 Å². The highest BCUT2D eigenvalue weighted by molar-refractivity contribution is 5.57. The monoisotopic (exact) mass is 299 g/mol. The number of benzene rings is 1. The van der Waals surface area contributed by atoms with Crippen LogP contribution in [-0.4, -0.2) is 26.2 Å². The van der Waals surface area contributed by atoms with Gasteiger partial charge in [0.05, 0.1) is 13.2 Å². The van der Waals surface area contributed by atoms with Gasteiger partial charge in [-0.05, 0) is 36.4 Å². The van der Waals surface area contributed by atoms with Gasteiger partial charge in [0.2, 0.25) is 0 Å². The van der Waals surface area contributed by atoms with Gasteiger partial charge in [-0.3, -0.25) is 0 Å². The number of furan rings is 1. The van der Waals surface area contributed by atoms with Crippen molar-refractivity contribution >= 4 is 0 Å². The van der Waals surface area contributed by atoms with Crippen molar-refractivity contribution in [2.45, 2.75) is 13.0 Å². The fourth-order valence-electron chi connectivity index (χ4n) is 1.77. The first-order chi connectivity index (χ1) is 10.1. The maximum absolute atomic E-state index is 12.8. The van der Waals surface area contributed by atoms with Crippen LogP contribution in [0.5, 0.6) is 0 Å². The Hall–Kier alpha value is -1.79. The molecule has 0 atom stereocenters. The SMILES string of the molecule is Fc1ccc(-c2ccc(CNCCOCC(F)F)o2)cc1. The summed E-state index contributed by atoms with van der Waals surface area (Å²) >= 11 is 0. The first-order valence-electron chi connectivity index (χ1n) is 6.56. The van der Waals surface area contributed by atoms with Gasteiger partial charge in [-0.2, -0.15) is 0 Å². The number of hydrogen-bond acceptors (Lipinski definition) is 3. The average molecular weight is 299 g/mol. The number of rotatable bonds is 8. The van der Waals surface area contributed by atoms with Crippen LogP contribution in [0.3, 0.4) is 0 Å². The highest BCUT2D eigenvalue weighted by atomic mass is 19.3. The molecule has 0 spiro atoms. The summed E-state index contributed by atoms with van der Waals surface area (Å²) in [4.78, 5) is 0. The number of alkyl halides is 2. The summed E-state index contributed by atoms with van der Waals surface area (Å²) in [6.07, 6.45) is -2.44. The van der Waals surface area contributed by atoms with Crippen molar-refractivity contribution in [3.63, 3.8) is 0 Å². The van der Waals surface area contributed by atoms with Crippen LogP contribution >= 0.6 is 0 Å². The second-order valence-corrected chi connectivity index (χ2v) is 4.42. The van der Waals surface area contributed by atoms with Crippen LogP contribution in [0.2, 0.25) is 0 Å². The molecule has 0 bridgehead atoms. The first-order valence-corrected chi connectivity index (χ1v) is 6.56. The Morgan fingerprint density at radius 3 is 2.57 bits per heavy atom. The van der Waals surface area contributed by atoms with Crippen LogP contribution in [-0.2, 0) is 11.3 Å². The van der Waals surface area contributed by atoms with Gasteiger partial charge in [-0.25, -0.2) is 13.2 Å². The van der Waals surface area contributed by atoms with Crippen molar-refractivity contribution in [1.82, 2.24) is 5.32 Å². The van der Waals surface area contributed by atoms with Gasteiger partial charge < -0.3 is 14.5 Å². The largest absolute Gasteiger partial charge is 0.460 e. The zero-order chi connectivity index (χ0) is 15.1. The molecule has 0 amide bonds. The molecule has 0 aliphatic carbocycles. The molecule has 6 heteroatoms. The minimum Gasteiger partial charge on any atom is -0.460 e. The van der Waals surface area contributed by atoms with Crippen LogP contribution in [0.25, 0.3) is 11.3 Å². The van der Waals surface area contributed by atoms with Crippen molar-refractivity contribution in [3.8, 4) is 11.3 Å².